The second-order valence-corrected chi connectivity index (χ2v) is 3.20. The lowest BCUT2D eigenvalue weighted by Crippen LogP contribution is -2.19. The molecule has 2 N–H and O–H groups in total. The van der Waals surface area contributed by atoms with Crippen molar-refractivity contribution in [3.8, 4) is 5.75 Å². The number of nitrogens with one attached hydrogen (secondary N) is 1. The predicted octanol–water partition coefficient (Wildman–Crippen LogP) is 1.77. The summed E-state index contributed by atoms with van der Waals surface area (Å²) in [5.74, 6) is 0.385. The van der Waals surface area contributed by atoms with Gasteiger partial charge < -0.3 is 10.4 Å². The van der Waals surface area contributed by atoms with E-state index in [1.54, 1.807) is 6.07 Å². The molecule has 2 nitrogen and oxygen atoms in total. The molecule has 0 unspecified atom stereocenters. The van der Waals surface area contributed by atoms with E-state index in [0.717, 1.165) is 25.1 Å². The van der Waals surface area contributed by atoms with E-state index in [-0.39, 0.29) is 0 Å². The summed E-state index contributed by atoms with van der Waals surface area (Å²) < 4.78 is 0. The normalized spacial score (nSPS) is 16.8. The Morgan fingerprint density at radius 2 is 2.08 bits per heavy atom. The lowest BCUT2D eigenvalue weighted by molar-refractivity contribution is 0.473. The van der Waals surface area contributed by atoms with Crippen LogP contribution in [0.3, 0.4) is 0 Å². The van der Waals surface area contributed by atoms with Crippen molar-refractivity contribution < 1.29 is 5.11 Å². The average molecular weight is 175 g/mol. The van der Waals surface area contributed by atoms with Gasteiger partial charge in [0.1, 0.15) is 5.75 Å². The van der Waals surface area contributed by atoms with Crippen LogP contribution in [0.15, 0.2) is 30.3 Å². The molecule has 0 atom stereocenters. The summed E-state index contributed by atoms with van der Waals surface area (Å²) in [5, 5.41) is 12.8. The van der Waals surface area contributed by atoms with Crippen molar-refractivity contribution in [1.29, 1.82) is 0 Å². The standard InChI is InChI=1S/C11H13NO/c13-11-4-2-1-3-10(11)9-5-7-12-8-6-9/h1-5,12-13H,6-8H2. The van der Waals surface area contributed by atoms with Gasteiger partial charge in [-0.25, -0.2) is 0 Å². The molecule has 13 heavy (non-hydrogen) atoms. The summed E-state index contributed by atoms with van der Waals surface area (Å²) >= 11 is 0. The number of phenols is 1. The first-order chi connectivity index (χ1) is 6.38. The first kappa shape index (κ1) is 8.32. The zero-order valence-corrected chi connectivity index (χ0v) is 7.46. The largest absolute Gasteiger partial charge is 0.507 e. The Labute approximate surface area is 77.9 Å². The number of benzene rings is 1. The summed E-state index contributed by atoms with van der Waals surface area (Å²) in [7, 11) is 0. The molecule has 0 fully saturated rings. The Balaban J connectivity index is 2.34. The lowest BCUT2D eigenvalue weighted by Gasteiger charge is -2.14. The number of hydrogen-bond donors (Lipinski definition) is 2. The maximum atomic E-state index is 9.60. The van der Waals surface area contributed by atoms with Crippen LogP contribution in [0.2, 0.25) is 0 Å². The predicted molar refractivity (Wildman–Crippen MR) is 53.6 cm³/mol. The monoisotopic (exact) mass is 175 g/mol. The van der Waals surface area contributed by atoms with Crippen molar-refractivity contribution in [2.24, 2.45) is 0 Å². The van der Waals surface area contributed by atoms with Crippen LogP contribution in [-0.2, 0) is 0 Å². The fourth-order valence-corrected chi connectivity index (χ4v) is 1.61. The molecule has 1 aliphatic heterocycles. The summed E-state index contributed by atoms with van der Waals surface area (Å²) in [4.78, 5) is 0. The maximum Gasteiger partial charge on any atom is 0.123 e. The van der Waals surface area contributed by atoms with Crippen molar-refractivity contribution in [2.75, 3.05) is 13.1 Å². The average Bonchev–Trinajstić information content (AvgIpc) is 2.20. The van der Waals surface area contributed by atoms with Crippen molar-refractivity contribution in [1.82, 2.24) is 5.32 Å². The Morgan fingerprint density at radius 3 is 2.77 bits per heavy atom. The van der Waals surface area contributed by atoms with Crippen LogP contribution in [0.1, 0.15) is 12.0 Å². The van der Waals surface area contributed by atoms with Gasteiger partial charge in [-0.2, -0.15) is 0 Å². The zero-order valence-electron chi connectivity index (χ0n) is 7.46. The van der Waals surface area contributed by atoms with Gasteiger partial charge in [0, 0.05) is 12.1 Å². The third-order valence-corrected chi connectivity index (χ3v) is 2.31. The van der Waals surface area contributed by atoms with Gasteiger partial charge in [0.25, 0.3) is 0 Å². The van der Waals surface area contributed by atoms with Crippen molar-refractivity contribution >= 4 is 5.57 Å². The van der Waals surface area contributed by atoms with Gasteiger partial charge in [-0.3, -0.25) is 0 Å². The van der Waals surface area contributed by atoms with Gasteiger partial charge in [0.2, 0.25) is 0 Å². The minimum atomic E-state index is 0.385. The van der Waals surface area contributed by atoms with Crippen LogP contribution in [-0.4, -0.2) is 18.2 Å². The Kier molecular flexibility index (Phi) is 2.32. The van der Waals surface area contributed by atoms with Gasteiger partial charge in [0.15, 0.2) is 0 Å². The summed E-state index contributed by atoms with van der Waals surface area (Å²) in [6, 6.07) is 7.50. The molecular formula is C11H13NO. The Morgan fingerprint density at radius 1 is 1.23 bits per heavy atom. The SMILES string of the molecule is Oc1ccccc1C1=CCNCC1. The Bertz CT molecular complexity index is 331. The molecule has 1 aliphatic rings. The third kappa shape index (κ3) is 1.73. The highest BCUT2D eigenvalue weighted by Crippen LogP contribution is 2.27. The Hall–Kier alpha value is -1.28. The number of rotatable bonds is 1. The van der Waals surface area contributed by atoms with Crippen molar-refractivity contribution in [3.05, 3.63) is 35.9 Å². The topological polar surface area (TPSA) is 32.3 Å². The van der Waals surface area contributed by atoms with E-state index in [1.165, 1.54) is 5.57 Å². The van der Waals surface area contributed by atoms with Gasteiger partial charge in [0.05, 0.1) is 0 Å². The molecule has 0 aliphatic carbocycles. The van der Waals surface area contributed by atoms with Crippen molar-refractivity contribution in [2.45, 2.75) is 6.42 Å². The molecule has 68 valence electrons. The number of para-hydroxylation sites is 1. The quantitative estimate of drug-likeness (QED) is 0.681. The molecule has 1 heterocycles. The molecule has 0 aromatic heterocycles. The van der Waals surface area contributed by atoms with E-state index in [1.807, 2.05) is 18.2 Å². The highest BCUT2D eigenvalue weighted by atomic mass is 16.3. The molecule has 0 radical (unpaired) electrons. The van der Waals surface area contributed by atoms with Crippen molar-refractivity contribution in [3.63, 3.8) is 0 Å². The second-order valence-electron chi connectivity index (χ2n) is 3.20. The van der Waals surface area contributed by atoms with Crippen LogP contribution in [0.5, 0.6) is 5.75 Å². The molecule has 2 rings (SSSR count). The minimum Gasteiger partial charge on any atom is -0.507 e. The highest BCUT2D eigenvalue weighted by molar-refractivity contribution is 5.70. The third-order valence-electron chi connectivity index (χ3n) is 2.31. The van der Waals surface area contributed by atoms with Crippen LogP contribution in [0, 0.1) is 0 Å². The van der Waals surface area contributed by atoms with Gasteiger partial charge in [-0.05, 0) is 24.6 Å². The van der Waals surface area contributed by atoms with E-state index in [4.69, 9.17) is 0 Å². The molecule has 0 amide bonds. The minimum absolute atomic E-state index is 0.385. The van der Waals surface area contributed by atoms with Gasteiger partial charge in [-0.15, -0.1) is 0 Å². The molecule has 0 spiro atoms. The number of aromatic hydroxyl groups is 1. The second kappa shape index (κ2) is 3.62. The first-order valence-electron chi connectivity index (χ1n) is 4.56. The fourth-order valence-electron chi connectivity index (χ4n) is 1.61. The first-order valence-corrected chi connectivity index (χ1v) is 4.56. The maximum absolute atomic E-state index is 9.60. The smallest absolute Gasteiger partial charge is 0.123 e. The van der Waals surface area contributed by atoms with Crippen LogP contribution in [0.25, 0.3) is 5.57 Å². The number of hydrogen-bond acceptors (Lipinski definition) is 2. The zero-order chi connectivity index (χ0) is 9.10. The van der Waals surface area contributed by atoms with Gasteiger partial charge >= 0.3 is 0 Å². The van der Waals surface area contributed by atoms with Gasteiger partial charge in [-0.1, -0.05) is 24.3 Å². The van der Waals surface area contributed by atoms with Crippen LogP contribution >= 0.6 is 0 Å². The molecule has 2 heteroatoms. The number of phenolic OH excluding ortho intramolecular Hbond substituents is 1. The molecule has 0 saturated carbocycles. The van der Waals surface area contributed by atoms with E-state index in [2.05, 4.69) is 11.4 Å². The highest BCUT2D eigenvalue weighted by Gasteiger charge is 2.08. The van der Waals surface area contributed by atoms with Crippen LogP contribution < -0.4 is 5.32 Å². The summed E-state index contributed by atoms with van der Waals surface area (Å²) in [6.07, 6.45) is 3.14. The molecule has 0 saturated heterocycles. The summed E-state index contributed by atoms with van der Waals surface area (Å²) in [5.41, 5.74) is 2.22. The van der Waals surface area contributed by atoms with E-state index in [0.29, 0.717) is 5.75 Å². The molecule has 1 aromatic rings. The lowest BCUT2D eigenvalue weighted by atomic mass is 9.99. The van der Waals surface area contributed by atoms with E-state index in [9.17, 15) is 5.11 Å². The van der Waals surface area contributed by atoms with Crippen LogP contribution in [0.4, 0.5) is 0 Å². The molecular weight excluding hydrogens is 162 g/mol. The van der Waals surface area contributed by atoms with E-state index >= 15 is 0 Å². The summed E-state index contributed by atoms with van der Waals surface area (Å²) in [6.45, 7) is 1.91. The molecule has 0 bridgehead atoms. The molecule has 1 aromatic carbocycles. The van der Waals surface area contributed by atoms with E-state index < -0.39 is 0 Å². The fraction of sp³-hybridized carbons (Fsp3) is 0.273.